The summed E-state index contributed by atoms with van der Waals surface area (Å²) in [7, 11) is 0. The third kappa shape index (κ3) is 2.68. The van der Waals surface area contributed by atoms with E-state index in [1.807, 2.05) is 13.0 Å². The molecule has 22 heavy (non-hydrogen) atoms. The molecule has 0 aliphatic carbocycles. The predicted octanol–water partition coefficient (Wildman–Crippen LogP) is 3.78. The molecule has 1 unspecified atom stereocenters. The molecule has 0 saturated carbocycles. The van der Waals surface area contributed by atoms with Crippen LogP contribution in [0.3, 0.4) is 0 Å². The van der Waals surface area contributed by atoms with Crippen LogP contribution in [-0.4, -0.2) is 16.7 Å². The Kier molecular flexibility index (Phi) is 4.07. The molecule has 0 amide bonds. The van der Waals surface area contributed by atoms with Gasteiger partial charge in [0.05, 0.1) is 5.69 Å². The monoisotopic (exact) mass is 291 g/mol. The summed E-state index contributed by atoms with van der Waals surface area (Å²) < 4.78 is 0. The molecule has 3 rings (SSSR count). The Bertz CT molecular complexity index is 723. The van der Waals surface area contributed by atoms with Gasteiger partial charge >= 0.3 is 0 Å². The minimum Gasteiger partial charge on any atom is -0.330 e. The minimum atomic E-state index is 0.238. The third-order valence-corrected chi connectivity index (χ3v) is 4.17. The zero-order chi connectivity index (χ0) is 15.5. The lowest BCUT2D eigenvalue weighted by molar-refractivity contribution is 0.819. The Morgan fingerprint density at radius 1 is 0.955 bits per heavy atom. The van der Waals surface area contributed by atoms with Gasteiger partial charge in [0.25, 0.3) is 0 Å². The van der Waals surface area contributed by atoms with E-state index in [0.717, 1.165) is 11.4 Å². The smallest absolute Gasteiger partial charge is 0.0672 e. The van der Waals surface area contributed by atoms with E-state index >= 15 is 0 Å². The predicted molar refractivity (Wildman–Crippen MR) is 90.8 cm³/mol. The van der Waals surface area contributed by atoms with Crippen molar-refractivity contribution in [1.29, 1.82) is 0 Å². The van der Waals surface area contributed by atoms with Crippen molar-refractivity contribution in [3.05, 3.63) is 77.1 Å². The number of hydrogen-bond acceptors (Lipinski definition) is 2. The first kappa shape index (κ1) is 14.5. The molecule has 3 aromatic rings. The van der Waals surface area contributed by atoms with Crippen LogP contribution in [0.5, 0.6) is 0 Å². The maximum Gasteiger partial charge on any atom is 0.0672 e. The van der Waals surface area contributed by atoms with Gasteiger partial charge < -0.3 is 5.73 Å². The van der Waals surface area contributed by atoms with Gasteiger partial charge in [0.1, 0.15) is 0 Å². The highest BCUT2D eigenvalue weighted by atomic mass is 15.1. The Balaban J connectivity index is 1.94. The van der Waals surface area contributed by atoms with Crippen molar-refractivity contribution in [3.8, 4) is 11.1 Å². The highest BCUT2D eigenvalue weighted by molar-refractivity contribution is 5.68. The molecule has 0 spiro atoms. The van der Waals surface area contributed by atoms with Crippen LogP contribution in [0.2, 0.25) is 0 Å². The number of benzene rings is 2. The molecule has 112 valence electrons. The van der Waals surface area contributed by atoms with Crippen molar-refractivity contribution in [2.24, 2.45) is 5.73 Å². The van der Waals surface area contributed by atoms with Crippen LogP contribution in [0.1, 0.15) is 28.4 Å². The van der Waals surface area contributed by atoms with Crippen molar-refractivity contribution in [3.63, 3.8) is 0 Å². The second-order valence-electron chi connectivity index (χ2n) is 5.63. The van der Waals surface area contributed by atoms with Gasteiger partial charge in [-0.05, 0) is 30.5 Å². The first-order chi connectivity index (χ1) is 10.7. The van der Waals surface area contributed by atoms with Crippen LogP contribution in [0.15, 0.2) is 54.6 Å². The Labute approximate surface area is 131 Å². The highest BCUT2D eigenvalue weighted by Crippen LogP contribution is 2.29. The van der Waals surface area contributed by atoms with E-state index in [0.29, 0.717) is 6.54 Å². The Morgan fingerprint density at radius 2 is 1.59 bits per heavy atom. The van der Waals surface area contributed by atoms with E-state index in [-0.39, 0.29) is 5.92 Å². The SMILES string of the molecule is Cc1n[nH]c(C)c1-c1ccc(C(CN)c2ccccc2)cc1. The number of nitrogens with one attached hydrogen (secondary N) is 1. The lowest BCUT2D eigenvalue weighted by Crippen LogP contribution is -2.13. The zero-order valence-corrected chi connectivity index (χ0v) is 13.0. The Hall–Kier alpha value is -2.39. The van der Waals surface area contributed by atoms with E-state index in [1.54, 1.807) is 0 Å². The van der Waals surface area contributed by atoms with Crippen LogP contribution >= 0.6 is 0 Å². The van der Waals surface area contributed by atoms with Crippen LogP contribution in [0.4, 0.5) is 0 Å². The average molecular weight is 291 g/mol. The molecule has 0 radical (unpaired) electrons. The lowest BCUT2D eigenvalue weighted by atomic mass is 9.90. The number of aromatic nitrogens is 2. The van der Waals surface area contributed by atoms with Gasteiger partial charge in [-0.1, -0.05) is 54.6 Å². The van der Waals surface area contributed by atoms with Gasteiger partial charge in [0.15, 0.2) is 0 Å². The second kappa shape index (κ2) is 6.16. The minimum absolute atomic E-state index is 0.238. The summed E-state index contributed by atoms with van der Waals surface area (Å²) in [4.78, 5) is 0. The fourth-order valence-electron chi connectivity index (χ4n) is 3.01. The van der Waals surface area contributed by atoms with E-state index in [4.69, 9.17) is 5.73 Å². The van der Waals surface area contributed by atoms with Gasteiger partial charge in [0.2, 0.25) is 0 Å². The molecule has 0 aliphatic heterocycles. The van der Waals surface area contributed by atoms with E-state index in [1.165, 1.54) is 22.3 Å². The third-order valence-electron chi connectivity index (χ3n) is 4.17. The number of nitrogens with two attached hydrogens (primary N) is 1. The van der Waals surface area contributed by atoms with Crippen molar-refractivity contribution in [2.45, 2.75) is 19.8 Å². The van der Waals surface area contributed by atoms with Gasteiger partial charge in [-0.3, -0.25) is 5.10 Å². The first-order valence-electron chi connectivity index (χ1n) is 7.57. The first-order valence-corrected chi connectivity index (χ1v) is 7.57. The number of nitrogens with zero attached hydrogens (tertiary/aromatic N) is 1. The standard InChI is InChI=1S/C19H21N3/c1-13-19(14(2)22-21-13)17-10-8-16(9-11-17)18(12-20)15-6-4-3-5-7-15/h3-11,18H,12,20H2,1-2H3,(H,21,22). The molecular formula is C19H21N3. The number of H-pyrrole nitrogens is 1. The molecule has 0 fully saturated rings. The summed E-state index contributed by atoms with van der Waals surface area (Å²) >= 11 is 0. The number of aryl methyl sites for hydroxylation is 2. The molecule has 0 bridgehead atoms. The summed E-state index contributed by atoms with van der Waals surface area (Å²) in [5.41, 5.74) is 13.0. The topological polar surface area (TPSA) is 54.7 Å². The lowest BCUT2D eigenvalue weighted by Gasteiger charge is -2.16. The van der Waals surface area contributed by atoms with Gasteiger partial charge in [-0.2, -0.15) is 5.10 Å². The number of hydrogen-bond donors (Lipinski definition) is 2. The molecule has 3 N–H and O–H groups in total. The van der Waals surface area contributed by atoms with Crippen molar-refractivity contribution < 1.29 is 0 Å². The molecule has 1 aromatic heterocycles. The number of aromatic amines is 1. The maximum absolute atomic E-state index is 6.00. The number of rotatable bonds is 4. The average Bonchev–Trinajstić information content (AvgIpc) is 2.89. The summed E-state index contributed by atoms with van der Waals surface area (Å²) in [5.74, 6) is 0.238. The van der Waals surface area contributed by atoms with Gasteiger partial charge in [-0.15, -0.1) is 0 Å². The van der Waals surface area contributed by atoms with E-state index < -0.39 is 0 Å². The molecular weight excluding hydrogens is 270 g/mol. The quantitative estimate of drug-likeness (QED) is 0.768. The summed E-state index contributed by atoms with van der Waals surface area (Å²) in [6.07, 6.45) is 0. The normalized spacial score (nSPS) is 12.3. The maximum atomic E-state index is 6.00. The van der Waals surface area contributed by atoms with Crippen molar-refractivity contribution in [1.82, 2.24) is 10.2 Å². The highest BCUT2D eigenvalue weighted by Gasteiger charge is 2.13. The molecule has 1 atom stereocenters. The van der Waals surface area contributed by atoms with Crippen LogP contribution < -0.4 is 5.73 Å². The molecule has 3 nitrogen and oxygen atoms in total. The van der Waals surface area contributed by atoms with Crippen LogP contribution in [0.25, 0.3) is 11.1 Å². The molecule has 0 saturated heterocycles. The van der Waals surface area contributed by atoms with Crippen molar-refractivity contribution in [2.75, 3.05) is 6.54 Å². The van der Waals surface area contributed by atoms with E-state index in [2.05, 4.69) is 65.7 Å². The van der Waals surface area contributed by atoms with Crippen molar-refractivity contribution >= 4 is 0 Å². The van der Waals surface area contributed by atoms with Crippen LogP contribution in [0, 0.1) is 13.8 Å². The van der Waals surface area contributed by atoms with Gasteiger partial charge in [-0.25, -0.2) is 0 Å². The fraction of sp³-hybridized carbons (Fsp3) is 0.211. The fourth-order valence-corrected chi connectivity index (χ4v) is 3.01. The molecule has 3 heteroatoms. The Morgan fingerprint density at radius 3 is 2.14 bits per heavy atom. The van der Waals surface area contributed by atoms with Crippen LogP contribution in [-0.2, 0) is 0 Å². The summed E-state index contributed by atoms with van der Waals surface area (Å²) in [5, 5.41) is 7.31. The second-order valence-corrected chi connectivity index (χ2v) is 5.63. The summed E-state index contributed by atoms with van der Waals surface area (Å²) in [6, 6.07) is 19.1. The largest absolute Gasteiger partial charge is 0.330 e. The zero-order valence-electron chi connectivity index (χ0n) is 13.0. The van der Waals surface area contributed by atoms with Gasteiger partial charge in [0, 0.05) is 23.7 Å². The van der Waals surface area contributed by atoms with E-state index in [9.17, 15) is 0 Å². The molecule has 2 aromatic carbocycles. The molecule has 1 heterocycles. The molecule has 0 aliphatic rings. The summed E-state index contributed by atoms with van der Waals surface area (Å²) in [6.45, 7) is 4.68.